The number of rotatable bonds is 1. The van der Waals surface area contributed by atoms with Crippen LogP contribution >= 0.6 is 0 Å². The summed E-state index contributed by atoms with van der Waals surface area (Å²) in [6, 6.07) is 11.7. The fraction of sp³-hybridized carbons (Fsp3) is 0.400. The normalized spacial score (nSPS) is 20.2. The van der Waals surface area contributed by atoms with Gasteiger partial charge in [-0.15, -0.1) is 0 Å². The van der Waals surface area contributed by atoms with Crippen LogP contribution in [0, 0.1) is 5.82 Å². The number of amides is 1. The minimum absolute atomic E-state index is 0.0423. The van der Waals surface area contributed by atoms with Gasteiger partial charge in [-0.05, 0) is 69.0 Å². The number of benzene rings is 2. The molecule has 2 aromatic carbocycles. The fourth-order valence-corrected chi connectivity index (χ4v) is 4.83. The van der Waals surface area contributed by atoms with Gasteiger partial charge in [0.05, 0.1) is 16.9 Å². The molecule has 2 aliphatic heterocycles. The molecule has 2 aliphatic rings. The van der Waals surface area contributed by atoms with Crippen molar-refractivity contribution in [1.29, 1.82) is 0 Å². The third-order valence-electron chi connectivity index (χ3n) is 6.23. The van der Waals surface area contributed by atoms with Gasteiger partial charge in [0.15, 0.2) is 0 Å². The minimum Gasteiger partial charge on any atom is -0.444 e. The molecule has 1 amide bonds. The molecule has 1 aromatic heterocycles. The number of nitrogens with zero attached hydrogens (tertiary/aromatic N) is 3. The maximum Gasteiger partial charge on any atom is 0.410 e. The highest BCUT2D eigenvalue weighted by atomic mass is 19.1. The van der Waals surface area contributed by atoms with E-state index in [2.05, 4.69) is 0 Å². The Balaban J connectivity index is 1.54. The first-order chi connectivity index (χ1) is 15.2. The van der Waals surface area contributed by atoms with Crippen LogP contribution in [0.25, 0.3) is 22.0 Å². The van der Waals surface area contributed by atoms with Crippen LogP contribution in [-0.4, -0.2) is 38.2 Å². The standard InChI is InChI=1S/C25H26FN3O3/c1-25(2,3)32-24(31)29-18-8-9-19(29)14-28-22(13-18)27-21-12-16(7-10-20(21)23(28)30)15-5-4-6-17(26)11-15/h4-7,10-12,18-19H,8-9,13-14H2,1-3H3. The molecule has 2 unspecified atom stereocenters. The second kappa shape index (κ2) is 7.43. The number of hydrogen-bond acceptors (Lipinski definition) is 4. The van der Waals surface area contributed by atoms with Gasteiger partial charge in [0.2, 0.25) is 0 Å². The molecule has 32 heavy (non-hydrogen) atoms. The van der Waals surface area contributed by atoms with Gasteiger partial charge in [-0.25, -0.2) is 14.2 Å². The summed E-state index contributed by atoms with van der Waals surface area (Å²) in [6.45, 7) is 5.98. The van der Waals surface area contributed by atoms with Crippen molar-refractivity contribution in [2.75, 3.05) is 0 Å². The molecular formula is C25H26FN3O3. The Morgan fingerprint density at radius 3 is 2.59 bits per heavy atom. The molecule has 0 radical (unpaired) electrons. The molecule has 5 rings (SSSR count). The largest absolute Gasteiger partial charge is 0.444 e. The van der Waals surface area contributed by atoms with Gasteiger partial charge < -0.3 is 4.74 Å². The second-order valence-corrected chi connectivity index (χ2v) is 9.66. The Morgan fingerprint density at radius 2 is 1.84 bits per heavy atom. The summed E-state index contributed by atoms with van der Waals surface area (Å²) in [6.07, 6.45) is 1.88. The van der Waals surface area contributed by atoms with E-state index < -0.39 is 5.60 Å². The van der Waals surface area contributed by atoms with E-state index >= 15 is 0 Å². The number of carbonyl (C=O) groups is 1. The number of ether oxygens (including phenoxy) is 1. The lowest BCUT2D eigenvalue weighted by molar-refractivity contribution is 0.0146. The molecule has 1 fully saturated rings. The first-order valence-electron chi connectivity index (χ1n) is 11.0. The molecular weight excluding hydrogens is 409 g/mol. The Hall–Kier alpha value is -3.22. The summed E-state index contributed by atoms with van der Waals surface area (Å²) in [5.74, 6) is 0.371. The Bertz CT molecular complexity index is 1280. The van der Waals surface area contributed by atoms with Gasteiger partial charge in [0.25, 0.3) is 5.56 Å². The maximum absolute atomic E-state index is 13.7. The molecule has 0 N–H and O–H groups in total. The van der Waals surface area contributed by atoms with Crippen LogP contribution in [0.3, 0.4) is 0 Å². The second-order valence-electron chi connectivity index (χ2n) is 9.66. The van der Waals surface area contributed by atoms with Crippen molar-refractivity contribution in [3.05, 3.63) is 64.5 Å². The Morgan fingerprint density at radius 1 is 1.09 bits per heavy atom. The van der Waals surface area contributed by atoms with E-state index in [1.165, 1.54) is 12.1 Å². The molecule has 0 spiro atoms. The number of carbonyl (C=O) groups excluding carboxylic acids is 1. The lowest BCUT2D eigenvalue weighted by Crippen LogP contribution is -2.45. The molecule has 7 heteroatoms. The van der Waals surface area contributed by atoms with Gasteiger partial charge in [-0.1, -0.05) is 18.2 Å². The Kier molecular flexibility index (Phi) is 4.80. The molecule has 166 valence electrons. The van der Waals surface area contributed by atoms with Crippen molar-refractivity contribution in [2.45, 2.75) is 64.3 Å². The molecule has 3 heterocycles. The number of fused-ring (bicyclic) bond motifs is 4. The van der Waals surface area contributed by atoms with Gasteiger partial charge >= 0.3 is 6.09 Å². The highest BCUT2D eigenvalue weighted by Crippen LogP contribution is 2.32. The van der Waals surface area contributed by atoms with Crippen LogP contribution in [-0.2, 0) is 17.7 Å². The molecule has 0 saturated carbocycles. The van der Waals surface area contributed by atoms with E-state index in [0.29, 0.717) is 29.7 Å². The zero-order valence-corrected chi connectivity index (χ0v) is 18.5. The predicted octanol–water partition coefficient (Wildman–Crippen LogP) is 4.53. The minimum atomic E-state index is -0.577. The number of halogens is 1. The number of hydrogen-bond donors (Lipinski definition) is 0. The van der Waals surface area contributed by atoms with Crippen LogP contribution in [0.4, 0.5) is 9.18 Å². The first kappa shape index (κ1) is 20.7. The fourth-order valence-electron chi connectivity index (χ4n) is 4.83. The third kappa shape index (κ3) is 3.66. The monoisotopic (exact) mass is 435 g/mol. The van der Waals surface area contributed by atoms with Crippen molar-refractivity contribution in [2.24, 2.45) is 0 Å². The molecule has 2 bridgehead atoms. The zero-order chi connectivity index (χ0) is 22.6. The molecule has 6 nitrogen and oxygen atoms in total. The highest BCUT2D eigenvalue weighted by Gasteiger charge is 2.42. The smallest absolute Gasteiger partial charge is 0.410 e. The van der Waals surface area contributed by atoms with Crippen LogP contribution in [0.5, 0.6) is 0 Å². The van der Waals surface area contributed by atoms with Gasteiger partial charge in [0, 0.05) is 19.0 Å². The van der Waals surface area contributed by atoms with E-state index in [1.807, 2.05) is 43.9 Å². The lowest BCUT2D eigenvalue weighted by atomic mass is 10.0. The van der Waals surface area contributed by atoms with Gasteiger partial charge in [0.1, 0.15) is 17.2 Å². The zero-order valence-electron chi connectivity index (χ0n) is 18.5. The molecule has 1 saturated heterocycles. The predicted molar refractivity (Wildman–Crippen MR) is 120 cm³/mol. The van der Waals surface area contributed by atoms with Crippen LogP contribution < -0.4 is 5.56 Å². The summed E-state index contributed by atoms with van der Waals surface area (Å²) >= 11 is 0. The van der Waals surface area contributed by atoms with E-state index in [0.717, 1.165) is 24.0 Å². The van der Waals surface area contributed by atoms with Crippen molar-refractivity contribution < 1.29 is 13.9 Å². The van der Waals surface area contributed by atoms with Crippen molar-refractivity contribution >= 4 is 17.0 Å². The first-order valence-corrected chi connectivity index (χ1v) is 11.0. The van der Waals surface area contributed by atoms with E-state index in [1.54, 1.807) is 16.7 Å². The van der Waals surface area contributed by atoms with E-state index in [4.69, 9.17) is 9.72 Å². The number of aromatic nitrogens is 2. The summed E-state index contributed by atoms with van der Waals surface area (Å²) in [5.41, 5.74) is 1.45. The SMILES string of the molecule is CC(C)(C)OC(=O)N1C2CCC1Cn1c(nc3cc(-c4cccc(F)c4)ccc3c1=O)C2. The summed E-state index contributed by atoms with van der Waals surface area (Å²) < 4.78 is 21.0. The lowest BCUT2D eigenvalue weighted by Gasteiger charge is -2.30. The third-order valence-corrected chi connectivity index (χ3v) is 6.23. The van der Waals surface area contributed by atoms with Crippen LogP contribution in [0.1, 0.15) is 39.4 Å². The van der Waals surface area contributed by atoms with Gasteiger partial charge in [-0.2, -0.15) is 0 Å². The summed E-state index contributed by atoms with van der Waals surface area (Å²) in [4.78, 5) is 32.9. The molecule has 0 aliphatic carbocycles. The molecule has 2 atom stereocenters. The average molecular weight is 435 g/mol. The van der Waals surface area contributed by atoms with E-state index in [9.17, 15) is 14.0 Å². The van der Waals surface area contributed by atoms with Crippen LogP contribution in [0.15, 0.2) is 47.3 Å². The van der Waals surface area contributed by atoms with Crippen molar-refractivity contribution in [3.8, 4) is 11.1 Å². The highest BCUT2D eigenvalue weighted by molar-refractivity contribution is 5.83. The van der Waals surface area contributed by atoms with Gasteiger partial charge in [-0.3, -0.25) is 14.3 Å². The van der Waals surface area contributed by atoms with Crippen LogP contribution in [0.2, 0.25) is 0 Å². The molecule has 3 aromatic rings. The average Bonchev–Trinajstić information content (AvgIpc) is 3.02. The topological polar surface area (TPSA) is 64.4 Å². The van der Waals surface area contributed by atoms with E-state index in [-0.39, 0.29) is 29.6 Å². The van der Waals surface area contributed by atoms with Crippen molar-refractivity contribution in [1.82, 2.24) is 14.5 Å². The summed E-state index contributed by atoms with van der Waals surface area (Å²) in [5, 5.41) is 0.524. The summed E-state index contributed by atoms with van der Waals surface area (Å²) in [7, 11) is 0. The maximum atomic E-state index is 13.7. The van der Waals surface area contributed by atoms with Crippen molar-refractivity contribution in [3.63, 3.8) is 0 Å². The Labute approximate surface area is 185 Å². The quantitative estimate of drug-likeness (QED) is 0.564.